The summed E-state index contributed by atoms with van der Waals surface area (Å²) >= 11 is 0. The van der Waals surface area contributed by atoms with Crippen molar-refractivity contribution in [3.05, 3.63) is 12.7 Å². The molecule has 0 heterocycles. The summed E-state index contributed by atoms with van der Waals surface area (Å²) in [4.78, 5) is 21.0. The highest BCUT2D eigenvalue weighted by Gasteiger charge is 2.07. The highest BCUT2D eigenvalue weighted by Crippen LogP contribution is 2.05. The smallest absolute Gasteiger partial charge is 0.407 e. The third-order valence-electron chi connectivity index (χ3n) is 1.75. The van der Waals surface area contributed by atoms with Crippen LogP contribution in [0.2, 0.25) is 0 Å². The molecule has 0 rings (SSSR count). The fraction of sp³-hybridized carbons (Fsp3) is 0.600. The maximum absolute atomic E-state index is 10.9. The lowest BCUT2D eigenvalue weighted by Crippen LogP contribution is -2.30. The van der Waals surface area contributed by atoms with Gasteiger partial charge in [-0.15, -0.1) is 6.58 Å². The molecule has 5 nitrogen and oxygen atoms in total. The molecule has 0 aliphatic carbocycles. The Kier molecular flexibility index (Phi) is 7.05. The Morgan fingerprint density at radius 1 is 1.60 bits per heavy atom. The number of carboxylic acid groups (broad SMARTS) is 1. The SMILES string of the molecule is C=CCCC(C)COC(=O)NCC(=O)O. The van der Waals surface area contributed by atoms with Crippen LogP contribution < -0.4 is 5.32 Å². The summed E-state index contributed by atoms with van der Waals surface area (Å²) in [6.07, 6.45) is 2.89. The number of hydrogen-bond donors (Lipinski definition) is 2. The molecular weight excluding hydrogens is 198 g/mol. The number of amides is 1. The summed E-state index contributed by atoms with van der Waals surface area (Å²) in [6.45, 7) is 5.42. The van der Waals surface area contributed by atoms with Gasteiger partial charge >= 0.3 is 12.1 Å². The van der Waals surface area contributed by atoms with E-state index < -0.39 is 18.6 Å². The van der Waals surface area contributed by atoms with E-state index in [0.717, 1.165) is 12.8 Å². The molecule has 0 saturated heterocycles. The summed E-state index contributed by atoms with van der Waals surface area (Å²) < 4.78 is 4.80. The van der Waals surface area contributed by atoms with Gasteiger partial charge in [0.25, 0.3) is 0 Å². The van der Waals surface area contributed by atoms with Crippen LogP contribution in [0, 0.1) is 5.92 Å². The van der Waals surface area contributed by atoms with E-state index in [1.807, 2.05) is 6.92 Å². The molecule has 0 aromatic heterocycles. The second kappa shape index (κ2) is 7.84. The Balaban J connectivity index is 3.52. The predicted octanol–water partition coefficient (Wildman–Crippen LogP) is 1.40. The molecule has 0 aromatic carbocycles. The first-order valence-electron chi connectivity index (χ1n) is 4.79. The molecule has 0 radical (unpaired) electrons. The van der Waals surface area contributed by atoms with Crippen LogP contribution in [0.1, 0.15) is 19.8 Å². The zero-order valence-corrected chi connectivity index (χ0v) is 8.86. The van der Waals surface area contributed by atoms with E-state index in [9.17, 15) is 9.59 Å². The molecule has 1 atom stereocenters. The lowest BCUT2D eigenvalue weighted by molar-refractivity contribution is -0.135. The molecule has 0 aliphatic heterocycles. The zero-order valence-electron chi connectivity index (χ0n) is 8.86. The van der Waals surface area contributed by atoms with E-state index in [2.05, 4.69) is 11.9 Å². The third kappa shape index (κ3) is 8.80. The van der Waals surface area contributed by atoms with E-state index in [4.69, 9.17) is 9.84 Å². The van der Waals surface area contributed by atoms with Crippen LogP contribution in [0.25, 0.3) is 0 Å². The average molecular weight is 215 g/mol. The van der Waals surface area contributed by atoms with Gasteiger partial charge in [-0.05, 0) is 18.8 Å². The normalized spacial score (nSPS) is 11.5. The molecule has 0 bridgehead atoms. The van der Waals surface area contributed by atoms with Crippen LogP contribution in [0.15, 0.2) is 12.7 Å². The fourth-order valence-electron chi connectivity index (χ4n) is 0.902. The first-order valence-corrected chi connectivity index (χ1v) is 4.79. The van der Waals surface area contributed by atoms with Crippen molar-refractivity contribution in [1.29, 1.82) is 0 Å². The number of rotatable bonds is 7. The minimum absolute atomic E-state index is 0.249. The summed E-state index contributed by atoms with van der Waals surface area (Å²) in [5.74, 6) is -0.842. The molecule has 1 amide bonds. The lowest BCUT2D eigenvalue weighted by Gasteiger charge is -2.10. The van der Waals surface area contributed by atoms with E-state index in [1.54, 1.807) is 6.08 Å². The molecule has 15 heavy (non-hydrogen) atoms. The maximum atomic E-state index is 10.9. The van der Waals surface area contributed by atoms with Crippen molar-refractivity contribution in [1.82, 2.24) is 5.32 Å². The number of hydrogen-bond acceptors (Lipinski definition) is 3. The Bertz CT molecular complexity index is 227. The summed E-state index contributed by atoms with van der Waals surface area (Å²) in [7, 11) is 0. The van der Waals surface area contributed by atoms with Crippen molar-refractivity contribution in [2.45, 2.75) is 19.8 Å². The van der Waals surface area contributed by atoms with Gasteiger partial charge in [-0.25, -0.2) is 4.79 Å². The van der Waals surface area contributed by atoms with Crippen LogP contribution in [-0.2, 0) is 9.53 Å². The predicted molar refractivity (Wildman–Crippen MR) is 55.6 cm³/mol. The number of carbonyl (C=O) groups excluding carboxylic acids is 1. The van der Waals surface area contributed by atoms with Crippen LogP contribution in [0.4, 0.5) is 4.79 Å². The maximum Gasteiger partial charge on any atom is 0.407 e. The van der Waals surface area contributed by atoms with E-state index >= 15 is 0 Å². The van der Waals surface area contributed by atoms with Crippen molar-refractivity contribution in [3.8, 4) is 0 Å². The number of allylic oxidation sites excluding steroid dienone is 1. The highest BCUT2D eigenvalue weighted by atomic mass is 16.5. The number of carbonyl (C=O) groups is 2. The minimum Gasteiger partial charge on any atom is -0.480 e. The van der Waals surface area contributed by atoms with Crippen LogP contribution in [0.5, 0.6) is 0 Å². The largest absolute Gasteiger partial charge is 0.480 e. The van der Waals surface area contributed by atoms with Crippen molar-refractivity contribution < 1.29 is 19.4 Å². The highest BCUT2D eigenvalue weighted by molar-refractivity contribution is 5.76. The Labute approximate surface area is 89.1 Å². The zero-order chi connectivity index (χ0) is 11.7. The molecule has 0 fully saturated rings. The van der Waals surface area contributed by atoms with Gasteiger partial charge in [-0.1, -0.05) is 13.0 Å². The summed E-state index contributed by atoms with van der Waals surface area (Å²) in [5.41, 5.74) is 0. The van der Waals surface area contributed by atoms with Gasteiger partial charge in [0, 0.05) is 0 Å². The monoisotopic (exact) mass is 215 g/mol. The molecule has 0 spiro atoms. The van der Waals surface area contributed by atoms with Crippen LogP contribution >= 0.6 is 0 Å². The van der Waals surface area contributed by atoms with Crippen LogP contribution in [-0.4, -0.2) is 30.3 Å². The van der Waals surface area contributed by atoms with Gasteiger partial charge in [0.05, 0.1) is 6.61 Å². The van der Waals surface area contributed by atoms with Gasteiger partial charge in [-0.2, -0.15) is 0 Å². The molecule has 0 aliphatic rings. The second-order valence-corrected chi connectivity index (χ2v) is 3.32. The first kappa shape index (κ1) is 13.5. The number of aliphatic carboxylic acids is 1. The standard InChI is InChI=1S/C10H17NO4/c1-3-4-5-8(2)7-15-10(14)11-6-9(12)13/h3,8H,1,4-7H2,2H3,(H,11,14)(H,12,13). The van der Waals surface area contributed by atoms with Gasteiger partial charge < -0.3 is 15.2 Å². The molecule has 0 aromatic rings. The Morgan fingerprint density at radius 2 is 2.27 bits per heavy atom. The van der Waals surface area contributed by atoms with Crippen LogP contribution in [0.3, 0.4) is 0 Å². The van der Waals surface area contributed by atoms with Gasteiger partial charge in [0.1, 0.15) is 6.54 Å². The number of alkyl carbamates (subject to hydrolysis) is 1. The number of nitrogens with one attached hydrogen (secondary N) is 1. The molecule has 1 unspecified atom stereocenters. The number of ether oxygens (including phenoxy) is 1. The lowest BCUT2D eigenvalue weighted by atomic mass is 10.1. The average Bonchev–Trinajstić information content (AvgIpc) is 2.20. The summed E-state index contributed by atoms with van der Waals surface area (Å²) in [5, 5.41) is 10.4. The number of carboxylic acids is 1. The second-order valence-electron chi connectivity index (χ2n) is 3.32. The van der Waals surface area contributed by atoms with Crippen molar-refractivity contribution in [2.24, 2.45) is 5.92 Å². The quantitative estimate of drug-likeness (QED) is 0.629. The summed E-state index contributed by atoms with van der Waals surface area (Å²) in [6, 6.07) is 0. The van der Waals surface area contributed by atoms with E-state index in [1.165, 1.54) is 0 Å². The Morgan fingerprint density at radius 3 is 2.80 bits per heavy atom. The van der Waals surface area contributed by atoms with Gasteiger partial charge in [-0.3, -0.25) is 4.79 Å². The Hall–Kier alpha value is -1.52. The van der Waals surface area contributed by atoms with E-state index in [0.29, 0.717) is 6.61 Å². The van der Waals surface area contributed by atoms with Crippen molar-refractivity contribution in [3.63, 3.8) is 0 Å². The molecule has 2 N–H and O–H groups in total. The fourth-order valence-corrected chi connectivity index (χ4v) is 0.902. The molecular formula is C10H17NO4. The topological polar surface area (TPSA) is 75.6 Å². The van der Waals surface area contributed by atoms with Gasteiger partial charge in [0.2, 0.25) is 0 Å². The van der Waals surface area contributed by atoms with Crippen molar-refractivity contribution in [2.75, 3.05) is 13.2 Å². The molecule has 86 valence electrons. The van der Waals surface area contributed by atoms with E-state index in [-0.39, 0.29) is 5.92 Å². The molecule has 5 heteroatoms. The molecule has 0 saturated carbocycles. The van der Waals surface area contributed by atoms with Crippen molar-refractivity contribution >= 4 is 12.1 Å². The third-order valence-corrected chi connectivity index (χ3v) is 1.75. The van der Waals surface area contributed by atoms with Gasteiger partial charge in [0.15, 0.2) is 0 Å². The minimum atomic E-state index is -1.09. The first-order chi connectivity index (χ1) is 7.06.